The van der Waals surface area contributed by atoms with Gasteiger partial charge in [0, 0.05) is 7.05 Å². The SMILES string of the molecule is Cn1c(=O)c(C(=O)NCC(=O)OC(C)(C)C)c(O)c2cc(C(=O)O)nnc21. The number of aromatic nitrogens is 3. The van der Waals surface area contributed by atoms with Gasteiger partial charge in [-0.25, -0.2) is 4.79 Å². The topological polar surface area (TPSA) is 161 Å². The van der Waals surface area contributed by atoms with Gasteiger partial charge in [-0.05, 0) is 26.8 Å². The van der Waals surface area contributed by atoms with Gasteiger partial charge in [0.2, 0.25) is 0 Å². The van der Waals surface area contributed by atoms with Crippen LogP contribution in [0.4, 0.5) is 0 Å². The molecule has 11 nitrogen and oxygen atoms in total. The summed E-state index contributed by atoms with van der Waals surface area (Å²) in [5.74, 6) is -3.90. The van der Waals surface area contributed by atoms with E-state index in [0.717, 1.165) is 10.6 Å². The lowest BCUT2D eigenvalue weighted by atomic mass is 10.1. The molecule has 0 unspecified atom stereocenters. The van der Waals surface area contributed by atoms with Gasteiger partial charge in [0.1, 0.15) is 23.5 Å². The summed E-state index contributed by atoms with van der Waals surface area (Å²) in [6.45, 7) is 4.43. The van der Waals surface area contributed by atoms with Crippen LogP contribution in [-0.2, 0) is 16.6 Å². The minimum Gasteiger partial charge on any atom is -0.506 e. The molecule has 2 rings (SSSR count). The molecule has 1 amide bonds. The van der Waals surface area contributed by atoms with Gasteiger partial charge in [-0.3, -0.25) is 19.0 Å². The highest BCUT2D eigenvalue weighted by molar-refractivity contribution is 6.03. The Labute approximate surface area is 152 Å². The number of amides is 1. The molecular formula is C16H18N4O7. The smallest absolute Gasteiger partial charge is 0.356 e. The molecule has 0 atom stereocenters. The number of carboxylic acids is 1. The second-order valence-electron chi connectivity index (χ2n) is 6.63. The lowest BCUT2D eigenvalue weighted by Gasteiger charge is -2.19. The number of rotatable bonds is 4. The Balaban J connectivity index is 2.42. The number of hydrogen-bond donors (Lipinski definition) is 3. The summed E-state index contributed by atoms with van der Waals surface area (Å²) in [4.78, 5) is 47.4. The number of aromatic hydroxyl groups is 1. The molecule has 0 bridgehead atoms. The van der Waals surface area contributed by atoms with Crippen molar-refractivity contribution in [3.05, 3.63) is 27.7 Å². The van der Waals surface area contributed by atoms with E-state index in [4.69, 9.17) is 9.84 Å². The monoisotopic (exact) mass is 378 g/mol. The lowest BCUT2D eigenvalue weighted by Crippen LogP contribution is -2.37. The minimum atomic E-state index is -1.39. The highest BCUT2D eigenvalue weighted by atomic mass is 16.6. The quantitative estimate of drug-likeness (QED) is 0.612. The van der Waals surface area contributed by atoms with E-state index in [1.165, 1.54) is 7.05 Å². The highest BCUT2D eigenvalue weighted by Crippen LogP contribution is 2.25. The fourth-order valence-electron chi connectivity index (χ4n) is 2.23. The van der Waals surface area contributed by atoms with Crippen LogP contribution in [-0.4, -0.2) is 55.0 Å². The average molecular weight is 378 g/mol. The van der Waals surface area contributed by atoms with Gasteiger partial charge in [0.25, 0.3) is 11.5 Å². The molecule has 2 aromatic heterocycles. The third kappa shape index (κ3) is 4.19. The maximum Gasteiger partial charge on any atom is 0.356 e. The van der Waals surface area contributed by atoms with Gasteiger partial charge >= 0.3 is 11.9 Å². The first kappa shape index (κ1) is 19.8. The number of aryl methyl sites for hydroxylation is 1. The number of aromatic carboxylic acids is 1. The van der Waals surface area contributed by atoms with Crippen molar-refractivity contribution in [1.29, 1.82) is 0 Å². The van der Waals surface area contributed by atoms with Crippen molar-refractivity contribution < 1.29 is 29.3 Å². The Morgan fingerprint density at radius 2 is 1.89 bits per heavy atom. The van der Waals surface area contributed by atoms with Crippen LogP contribution in [0, 0.1) is 0 Å². The summed E-state index contributed by atoms with van der Waals surface area (Å²) in [6, 6.07) is 0.990. The Bertz CT molecular complexity index is 1000. The number of nitrogens with zero attached hydrogens (tertiary/aromatic N) is 3. The van der Waals surface area contributed by atoms with E-state index in [1.54, 1.807) is 20.8 Å². The summed E-state index contributed by atoms with van der Waals surface area (Å²) >= 11 is 0. The van der Waals surface area contributed by atoms with Gasteiger partial charge < -0.3 is 20.3 Å². The molecule has 0 radical (unpaired) electrons. The molecule has 2 heterocycles. The Kier molecular flexibility index (Phi) is 5.15. The van der Waals surface area contributed by atoms with Crippen molar-refractivity contribution in [3.8, 4) is 5.75 Å². The van der Waals surface area contributed by atoms with Crippen LogP contribution in [0.15, 0.2) is 10.9 Å². The van der Waals surface area contributed by atoms with Gasteiger partial charge in [-0.1, -0.05) is 0 Å². The number of pyridine rings is 1. The maximum atomic E-state index is 12.4. The van der Waals surface area contributed by atoms with E-state index in [-0.39, 0.29) is 11.0 Å². The van der Waals surface area contributed by atoms with Gasteiger partial charge in [0.05, 0.1) is 5.39 Å². The van der Waals surface area contributed by atoms with Gasteiger partial charge in [-0.2, -0.15) is 0 Å². The highest BCUT2D eigenvalue weighted by Gasteiger charge is 2.24. The molecule has 11 heteroatoms. The number of esters is 1. The standard InChI is InChI=1S/C16H18N4O7/c1-16(2,3)27-9(21)6-17-13(23)10-11(22)7-5-8(15(25)26)18-19-12(7)20(4)14(10)24/h5,22H,6H2,1-4H3,(H,17,23)(H,25,26). The Morgan fingerprint density at radius 1 is 1.26 bits per heavy atom. The summed E-state index contributed by atoms with van der Waals surface area (Å²) in [7, 11) is 1.28. The van der Waals surface area contributed by atoms with Crippen molar-refractivity contribution in [1.82, 2.24) is 20.1 Å². The van der Waals surface area contributed by atoms with Crippen molar-refractivity contribution in [2.45, 2.75) is 26.4 Å². The number of nitrogens with one attached hydrogen (secondary N) is 1. The number of hydrogen-bond acceptors (Lipinski definition) is 8. The van der Waals surface area contributed by atoms with Crippen molar-refractivity contribution >= 4 is 28.9 Å². The third-order valence-electron chi connectivity index (χ3n) is 3.36. The lowest BCUT2D eigenvalue weighted by molar-refractivity contribution is -0.153. The molecule has 0 spiro atoms. The summed E-state index contributed by atoms with van der Waals surface area (Å²) in [5, 5.41) is 28.4. The van der Waals surface area contributed by atoms with Crippen LogP contribution in [0.1, 0.15) is 41.6 Å². The second-order valence-corrected chi connectivity index (χ2v) is 6.63. The fourth-order valence-corrected chi connectivity index (χ4v) is 2.23. The van der Waals surface area contributed by atoms with Crippen molar-refractivity contribution in [3.63, 3.8) is 0 Å². The molecule has 144 valence electrons. The number of carbonyl (C=O) groups is 3. The van der Waals surface area contributed by atoms with Crippen LogP contribution in [0.3, 0.4) is 0 Å². The number of fused-ring (bicyclic) bond motifs is 1. The molecule has 0 saturated heterocycles. The van der Waals surface area contributed by atoms with E-state index in [2.05, 4.69) is 15.5 Å². The molecule has 0 fully saturated rings. The minimum absolute atomic E-state index is 0.105. The molecule has 0 aromatic carbocycles. The zero-order chi connectivity index (χ0) is 20.5. The number of ether oxygens (including phenoxy) is 1. The van der Waals surface area contributed by atoms with E-state index in [9.17, 15) is 24.3 Å². The van der Waals surface area contributed by atoms with E-state index < -0.39 is 52.6 Å². The zero-order valence-electron chi connectivity index (χ0n) is 15.1. The first-order valence-corrected chi connectivity index (χ1v) is 7.75. The molecule has 3 N–H and O–H groups in total. The van der Waals surface area contributed by atoms with Gasteiger partial charge in [0.15, 0.2) is 11.3 Å². The predicted octanol–water partition coefficient (Wildman–Crippen LogP) is -0.196. The normalized spacial score (nSPS) is 11.3. The maximum absolute atomic E-state index is 12.4. The summed E-state index contributed by atoms with van der Waals surface area (Å²) in [5.41, 5.74) is -2.88. The molecule has 27 heavy (non-hydrogen) atoms. The summed E-state index contributed by atoms with van der Waals surface area (Å²) < 4.78 is 5.98. The molecule has 0 aliphatic carbocycles. The second kappa shape index (κ2) is 7.02. The van der Waals surface area contributed by atoms with Crippen LogP contribution < -0.4 is 10.9 Å². The van der Waals surface area contributed by atoms with Gasteiger partial charge in [-0.15, -0.1) is 10.2 Å². The Hall–Kier alpha value is -3.50. The van der Waals surface area contributed by atoms with Crippen LogP contribution in [0.2, 0.25) is 0 Å². The van der Waals surface area contributed by atoms with Crippen LogP contribution in [0.5, 0.6) is 5.75 Å². The first-order valence-electron chi connectivity index (χ1n) is 7.75. The summed E-state index contributed by atoms with van der Waals surface area (Å²) in [6.07, 6.45) is 0. The average Bonchev–Trinajstić information content (AvgIpc) is 2.56. The van der Waals surface area contributed by atoms with E-state index in [0.29, 0.717) is 0 Å². The van der Waals surface area contributed by atoms with E-state index in [1.807, 2.05) is 0 Å². The first-order chi connectivity index (χ1) is 12.4. The number of carboxylic acid groups (broad SMARTS) is 1. The fraction of sp³-hybridized carbons (Fsp3) is 0.375. The predicted molar refractivity (Wildman–Crippen MR) is 91.6 cm³/mol. The van der Waals surface area contributed by atoms with Crippen LogP contribution in [0.25, 0.3) is 11.0 Å². The number of carbonyl (C=O) groups excluding carboxylic acids is 2. The molecular weight excluding hydrogens is 360 g/mol. The zero-order valence-corrected chi connectivity index (χ0v) is 15.1. The van der Waals surface area contributed by atoms with Crippen molar-refractivity contribution in [2.75, 3.05) is 6.54 Å². The van der Waals surface area contributed by atoms with Crippen LogP contribution >= 0.6 is 0 Å². The molecule has 0 aliphatic rings. The van der Waals surface area contributed by atoms with E-state index >= 15 is 0 Å². The third-order valence-corrected chi connectivity index (χ3v) is 3.36. The Morgan fingerprint density at radius 3 is 2.44 bits per heavy atom. The molecule has 0 saturated carbocycles. The molecule has 2 aromatic rings. The molecule has 0 aliphatic heterocycles. The van der Waals surface area contributed by atoms with Crippen molar-refractivity contribution in [2.24, 2.45) is 7.05 Å². The largest absolute Gasteiger partial charge is 0.506 e.